The summed E-state index contributed by atoms with van der Waals surface area (Å²) >= 11 is 6.76. The molecule has 0 spiro atoms. The number of amides is 1. The number of hydrogen-bond acceptors (Lipinski definition) is 6. The van der Waals surface area contributed by atoms with Crippen molar-refractivity contribution in [3.05, 3.63) is 65.2 Å². The van der Waals surface area contributed by atoms with Crippen molar-refractivity contribution >= 4 is 45.9 Å². The quantitative estimate of drug-likeness (QED) is 0.506. The molecule has 0 fully saturated rings. The van der Waals surface area contributed by atoms with Gasteiger partial charge in [-0.25, -0.2) is 19.2 Å². The molecule has 13 heteroatoms. The molecule has 1 atom stereocenters. The Balaban J connectivity index is 1.70. The summed E-state index contributed by atoms with van der Waals surface area (Å²) in [5.41, 5.74) is -0.729. The monoisotopic (exact) mass is 487 g/mol. The number of anilines is 1. The number of rotatable bonds is 6. The first-order valence-corrected chi connectivity index (χ1v) is 10.8. The van der Waals surface area contributed by atoms with Gasteiger partial charge in [0.15, 0.2) is 0 Å². The van der Waals surface area contributed by atoms with Gasteiger partial charge in [0.1, 0.15) is 21.0 Å². The molecule has 3 rings (SSSR count). The van der Waals surface area contributed by atoms with Gasteiger partial charge in [-0.05, 0) is 48.2 Å². The fourth-order valence-electron chi connectivity index (χ4n) is 2.23. The van der Waals surface area contributed by atoms with Gasteiger partial charge in [0, 0.05) is 13.2 Å². The lowest BCUT2D eigenvalue weighted by molar-refractivity contribution is -0.137. The second kappa shape index (κ2) is 9.62. The summed E-state index contributed by atoms with van der Waals surface area (Å²) < 4.78 is 54.0. The second-order valence-electron chi connectivity index (χ2n) is 5.79. The molecule has 0 aliphatic carbocycles. The molecule has 0 saturated heterocycles. The van der Waals surface area contributed by atoms with Gasteiger partial charge in [-0.3, -0.25) is 9.52 Å². The van der Waals surface area contributed by atoms with Gasteiger partial charge in [-0.2, -0.15) is 13.2 Å². The Hall–Kier alpha value is -2.70. The van der Waals surface area contributed by atoms with Crippen LogP contribution in [-0.2, 0) is 17.2 Å². The number of hydrogen-bond donors (Lipinski definition) is 2. The van der Waals surface area contributed by atoms with Crippen molar-refractivity contribution < 1.29 is 22.2 Å². The number of alkyl halides is 3. The van der Waals surface area contributed by atoms with Crippen molar-refractivity contribution in [1.82, 2.24) is 20.3 Å². The summed E-state index contributed by atoms with van der Waals surface area (Å²) in [5.74, 6) is -0.407. The fraction of sp³-hybridized carbons (Fsp3) is 0.111. The minimum Gasteiger partial charge on any atom is -0.352 e. The first kappa shape index (κ1) is 23.0. The summed E-state index contributed by atoms with van der Waals surface area (Å²) in [5, 5.41) is 2.98. The van der Waals surface area contributed by atoms with E-state index in [1.54, 1.807) is 18.2 Å². The Kier molecular flexibility index (Phi) is 7.13. The molecule has 3 aromatic rings. The molecule has 0 saturated carbocycles. The SMILES string of the molecule is CNC(=O)c1nccc(Sc2ccc(NS(=O)c3ccc(Cl)c(C(F)(F)F)c3)cn2)n1. The number of benzene rings is 1. The first-order chi connectivity index (χ1) is 14.7. The number of carbonyl (C=O) groups is 1. The first-order valence-electron chi connectivity index (χ1n) is 8.41. The molecule has 0 aliphatic rings. The Labute approximate surface area is 186 Å². The molecule has 31 heavy (non-hydrogen) atoms. The molecule has 0 bridgehead atoms. The van der Waals surface area contributed by atoms with Gasteiger partial charge in [0.05, 0.1) is 27.4 Å². The van der Waals surface area contributed by atoms with Crippen LogP contribution in [0, 0.1) is 0 Å². The molecular formula is C18H13ClF3N5O2S2. The Bertz CT molecular complexity index is 1130. The van der Waals surface area contributed by atoms with E-state index in [0.29, 0.717) is 15.7 Å². The van der Waals surface area contributed by atoms with Gasteiger partial charge >= 0.3 is 6.18 Å². The van der Waals surface area contributed by atoms with E-state index in [0.717, 1.165) is 12.1 Å². The van der Waals surface area contributed by atoms with Crippen LogP contribution in [0.3, 0.4) is 0 Å². The van der Waals surface area contributed by atoms with Gasteiger partial charge in [0.2, 0.25) is 5.82 Å². The number of nitrogens with zero attached hydrogens (tertiary/aromatic N) is 3. The molecular weight excluding hydrogens is 475 g/mol. The van der Waals surface area contributed by atoms with Crippen LogP contribution in [0.4, 0.5) is 18.9 Å². The van der Waals surface area contributed by atoms with Crippen LogP contribution in [0.15, 0.2) is 63.7 Å². The molecule has 1 unspecified atom stereocenters. The summed E-state index contributed by atoms with van der Waals surface area (Å²) in [6.07, 6.45) is -1.83. The zero-order valence-corrected chi connectivity index (χ0v) is 18.0. The minimum absolute atomic E-state index is 0.0161. The van der Waals surface area contributed by atoms with E-state index in [4.69, 9.17) is 11.6 Å². The zero-order chi connectivity index (χ0) is 22.6. The predicted molar refractivity (Wildman–Crippen MR) is 110 cm³/mol. The maximum atomic E-state index is 13.0. The van der Waals surface area contributed by atoms with E-state index in [1.807, 2.05) is 0 Å². The van der Waals surface area contributed by atoms with Crippen LogP contribution in [0.5, 0.6) is 0 Å². The van der Waals surface area contributed by atoms with E-state index in [9.17, 15) is 22.2 Å². The van der Waals surface area contributed by atoms with Crippen molar-refractivity contribution in [2.24, 2.45) is 0 Å². The minimum atomic E-state index is -4.66. The molecule has 1 amide bonds. The smallest absolute Gasteiger partial charge is 0.352 e. The van der Waals surface area contributed by atoms with Gasteiger partial charge in [-0.15, -0.1) is 0 Å². The molecule has 2 heterocycles. The Morgan fingerprint density at radius 1 is 1.13 bits per heavy atom. The number of pyridine rings is 1. The second-order valence-corrected chi connectivity index (χ2v) is 8.46. The lowest BCUT2D eigenvalue weighted by Crippen LogP contribution is -2.20. The number of nitrogens with one attached hydrogen (secondary N) is 2. The highest BCUT2D eigenvalue weighted by Gasteiger charge is 2.33. The number of carbonyl (C=O) groups excluding carboxylic acids is 1. The van der Waals surface area contributed by atoms with E-state index in [1.165, 1.54) is 37.3 Å². The molecule has 2 N–H and O–H groups in total. The molecule has 1 aromatic carbocycles. The molecule has 0 radical (unpaired) electrons. The number of halogens is 4. The maximum absolute atomic E-state index is 13.0. The van der Waals surface area contributed by atoms with Crippen molar-refractivity contribution in [2.45, 2.75) is 21.1 Å². The van der Waals surface area contributed by atoms with Crippen LogP contribution < -0.4 is 10.0 Å². The zero-order valence-electron chi connectivity index (χ0n) is 15.6. The Morgan fingerprint density at radius 3 is 2.55 bits per heavy atom. The van der Waals surface area contributed by atoms with E-state index in [-0.39, 0.29) is 10.7 Å². The standard InChI is InChI=1S/C18H13ClF3N5O2S2/c1-23-17(28)16-24-7-6-15(26-16)30-14-5-2-10(9-25-14)27-31(29)11-3-4-13(19)12(8-11)18(20,21)22/h2-9,27H,1H3,(H,23,28). The summed E-state index contributed by atoms with van der Waals surface area (Å²) in [6.45, 7) is 0. The van der Waals surface area contributed by atoms with Gasteiger partial charge < -0.3 is 5.32 Å². The highest BCUT2D eigenvalue weighted by Crippen LogP contribution is 2.35. The third-order valence-corrected chi connectivity index (χ3v) is 5.99. The molecule has 7 nitrogen and oxygen atoms in total. The normalized spacial score (nSPS) is 12.3. The topological polar surface area (TPSA) is 96.9 Å². The van der Waals surface area contributed by atoms with Gasteiger partial charge in [-0.1, -0.05) is 11.6 Å². The van der Waals surface area contributed by atoms with E-state index >= 15 is 0 Å². The molecule has 2 aromatic heterocycles. The number of aromatic nitrogens is 3. The summed E-state index contributed by atoms with van der Waals surface area (Å²) in [4.78, 5) is 23.7. The van der Waals surface area contributed by atoms with Crippen LogP contribution >= 0.6 is 23.4 Å². The Morgan fingerprint density at radius 2 is 1.90 bits per heavy atom. The van der Waals surface area contributed by atoms with Gasteiger partial charge in [0.25, 0.3) is 5.91 Å². The highest BCUT2D eigenvalue weighted by molar-refractivity contribution is 7.99. The van der Waals surface area contributed by atoms with Crippen molar-refractivity contribution in [3.63, 3.8) is 0 Å². The fourth-order valence-corrected chi connectivity index (χ4v) is 4.04. The average Bonchev–Trinajstić information content (AvgIpc) is 2.74. The molecule has 0 aliphatic heterocycles. The lowest BCUT2D eigenvalue weighted by Gasteiger charge is -2.11. The van der Waals surface area contributed by atoms with Crippen LogP contribution in [0.25, 0.3) is 0 Å². The molecule has 162 valence electrons. The summed E-state index contributed by atoms with van der Waals surface area (Å²) in [6, 6.07) is 7.81. The third-order valence-electron chi connectivity index (χ3n) is 3.67. The van der Waals surface area contributed by atoms with E-state index < -0.39 is 33.7 Å². The predicted octanol–water partition coefficient (Wildman–Crippen LogP) is 4.19. The van der Waals surface area contributed by atoms with Crippen molar-refractivity contribution in [2.75, 3.05) is 11.8 Å². The summed E-state index contributed by atoms with van der Waals surface area (Å²) in [7, 11) is -0.493. The maximum Gasteiger partial charge on any atom is 0.417 e. The van der Waals surface area contributed by atoms with Crippen LogP contribution in [-0.4, -0.2) is 32.1 Å². The largest absolute Gasteiger partial charge is 0.417 e. The van der Waals surface area contributed by atoms with Crippen molar-refractivity contribution in [3.8, 4) is 0 Å². The average molecular weight is 488 g/mol. The van der Waals surface area contributed by atoms with Crippen LogP contribution in [0.1, 0.15) is 16.2 Å². The highest BCUT2D eigenvalue weighted by atomic mass is 35.5. The van der Waals surface area contributed by atoms with Crippen molar-refractivity contribution in [1.29, 1.82) is 0 Å². The van der Waals surface area contributed by atoms with E-state index in [2.05, 4.69) is 25.0 Å². The van der Waals surface area contributed by atoms with Crippen LogP contribution in [0.2, 0.25) is 5.02 Å². The third kappa shape index (κ3) is 5.93. The lowest BCUT2D eigenvalue weighted by atomic mass is 10.2.